The maximum atomic E-state index is 12.4. The van der Waals surface area contributed by atoms with E-state index in [0.717, 1.165) is 24.1 Å². The molecule has 1 aromatic heterocycles. The van der Waals surface area contributed by atoms with Crippen LogP contribution in [0.4, 0.5) is 0 Å². The first-order valence-electron chi connectivity index (χ1n) is 7.25. The molecule has 3 heteroatoms. The van der Waals surface area contributed by atoms with Crippen LogP contribution >= 0.6 is 0 Å². The van der Waals surface area contributed by atoms with E-state index >= 15 is 0 Å². The highest BCUT2D eigenvalue weighted by Crippen LogP contribution is 2.33. The van der Waals surface area contributed by atoms with Gasteiger partial charge in [-0.2, -0.15) is 0 Å². The van der Waals surface area contributed by atoms with Gasteiger partial charge in [0.05, 0.1) is 11.3 Å². The van der Waals surface area contributed by atoms with Crippen molar-refractivity contribution in [3.05, 3.63) is 29.6 Å². The number of rotatable bonds is 2. The lowest BCUT2D eigenvalue weighted by molar-refractivity contribution is 0.0917. The van der Waals surface area contributed by atoms with Gasteiger partial charge in [-0.05, 0) is 45.7 Å². The lowest BCUT2D eigenvalue weighted by Gasteiger charge is -2.25. The topological polar surface area (TPSA) is 42.0 Å². The zero-order valence-corrected chi connectivity index (χ0v) is 12.2. The van der Waals surface area contributed by atoms with Crippen LogP contribution in [0.15, 0.2) is 18.3 Å². The van der Waals surface area contributed by atoms with Crippen LogP contribution in [0.3, 0.4) is 0 Å². The van der Waals surface area contributed by atoms with E-state index in [-0.39, 0.29) is 11.4 Å². The van der Waals surface area contributed by atoms with Crippen molar-refractivity contribution in [2.24, 2.45) is 0 Å². The summed E-state index contributed by atoms with van der Waals surface area (Å²) in [6.45, 7) is 6.00. The smallest absolute Gasteiger partial charge is 0.253 e. The molecule has 0 radical (unpaired) electrons. The maximum absolute atomic E-state index is 12.4. The Labute approximate surface area is 115 Å². The van der Waals surface area contributed by atoms with E-state index in [2.05, 4.69) is 10.3 Å². The summed E-state index contributed by atoms with van der Waals surface area (Å²) in [5.74, 6) is 0.455. The van der Waals surface area contributed by atoms with Crippen LogP contribution in [0.5, 0.6) is 0 Å². The average Bonchev–Trinajstić information content (AvgIpc) is 2.38. The van der Waals surface area contributed by atoms with E-state index < -0.39 is 0 Å². The molecule has 0 bridgehead atoms. The third-order valence-electron chi connectivity index (χ3n) is 3.56. The summed E-state index contributed by atoms with van der Waals surface area (Å²) in [5, 5.41) is 3.04. The zero-order chi connectivity index (χ0) is 13.9. The predicted molar refractivity (Wildman–Crippen MR) is 77.3 cm³/mol. The van der Waals surface area contributed by atoms with E-state index in [9.17, 15) is 4.79 Å². The van der Waals surface area contributed by atoms with Gasteiger partial charge >= 0.3 is 0 Å². The summed E-state index contributed by atoms with van der Waals surface area (Å²) in [6, 6.07) is 3.75. The molecule has 0 saturated heterocycles. The first-order valence-corrected chi connectivity index (χ1v) is 7.25. The minimum Gasteiger partial charge on any atom is -0.347 e. The highest BCUT2D eigenvalue weighted by molar-refractivity contribution is 5.95. The van der Waals surface area contributed by atoms with E-state index in [0.29, 0.717) is 5.92 Å². The van der Waals surface area contributed by atoms with E-state index in [1.54, 1.807) is 6.20 Å². The Morgan fingerprint density at radius 3 is 2.58 bits per heavy atom. The standard InChI is InChI=1S/C16H24N2O/c1-16(2,3)18-15(19)13-10-7-11-17-14(13)12-8-5-4-6-9-12/h7,10-12H,4-6,8-9H2,1-3H3,(H,18,19). The molecule has 1 N–H and O–H groups in total. The second kappa shape index (κ2) is 5.72. The van der Waals surface area contributed by atoms with Crippen molar-refractivity contribution in [3.63, 3.8) is 0 Å². The van der Waals surface area contributed by atoms with Gasteiger partial charge < -0.3 is 5.32 Å². The van der Waals surface area contributed by atoms with Crippen molar-refractivity contribution in [2.45, 2.75) is 64.3 Å². The molecular weight excluding hydrogens is 236 g/mol. The summed E-state index contributed by atoms with van der Waals surface area (Å²) in [5.41, 5.74) is 1.53. The van der Waals surface area contributed by atoms with Gasteiger partial charge in [0.2, 0.25) is 0 Å². The third kappa shape index (κ3) is 3.79. The molecule has 1 aromatic rings. The molecule has 1 aliphatic carbocycles. The second-order valence-electron chi connectivity index (χ2n) is 6.48. The molecule has 1 heterocycles. The van der Waals surface area contributed by atoms with Gasteiger partial charge in [0.25, 0.3) is 5.91 Å². The van der Waals surface area contributed by atoms with Crippen LogP contribution in [-0.2, 0) is 0 Å². The Kier molecular flexibility index (Phi) is 4.23. The average molecular weight is 260 g/mol. The van der Waals surface area contributed by atoms with E-state index in [4.69, 9.17) is 0 Å². The fourth-order valence-electron chi connectivity index (χ4n) is 2.72. The SMILES string of the molecule is CC(C)(C)NC(=O)c1cccnc1C1CCCCC1. The Bertz CT molecular complexity index is 442. The number of pyridine rings is 1. The lowest BCUT2D eigenvalue weighted by Crippen LogP contribution is -2.41. The minimum absolute atomic E-state index is 0.00109. The predicted octanol–water partition coefficient (Wildman–Crippen LogP) is 3.66. The molecular formula is C16H24N2O. The molecule has 0 aromatic carbocycles. The summed E-state index contributed by atoms with van der Waals surface area (Å²) in [7, 11) is 0. The van der Waals surface area contributed by atoms with Gasteiger partial charge in [-0.25, -0.2) is 0 Å². The van der Waals surface area contributed by atoms with Gasteiger partial charge in [0.15, 0.2) is 0 Å². The molecule has 3 nitrogen and oxygen atoms in total. The molecule has 0 atom stereocenters. The fraction of sp³-hybridized carbons (Fsp3) is 0.625. The largest absolute Gasteiger partial charge is 0.347 e. The number of nitrogens with zero attached hydrogens (tertiary/aromatic N) is 1. The summed E-state index contributed by atoms with van der Waals surface area (Å²) >= 11 is 0. The number of amides is 1. The molecule has 0 aliphatic heterocycles. The molecule has 1 fully saturated rings. The highest BCUT2D eigenvalue weighted by atomic mass is 16.1. The van der Waals surface area contributed by atoms with Crippen LogP contribution in [0, 0.1) is 0 Å². The van der Waals surface area contributed by atoms with Crippen molar-refractivity contribution in [3.8, 4) is 0 Å². The number of hydrogen-bond acceptors (Lipinski definition) is 2. The van der Waals surface area contributed by atoms with Crippen LogP contribution in [-0.4, -0.2) is 16.4 Å². The van der Waals surface area contributed by atoms with E-state index in [1.165, 1.54) is 19.3 Å². The fourth-order valence-corrected chi connectivity index (χ4v) is 2.72. The number of hydrogen-bond donors (Lipinski definition) is 1. The highest BCUT2D eigenvalue weighted by Gasteiger charge is 2.24. The van der Waals surface area contributed by atoms with Gasteiger partial charge in [-0.3, -0.25) is 9.78 Å². The van der Waals surface area contributed by atoms with Gasteiger partial charge in [-0.15, -0.1) is 0 Å². The summed E-state index contributed by atoms with van der Waals surface area (Å²) in [6.07, 6.45) is 7.94. The van der Waals surface area contributed by atoms with Crippen molar-refractivity contribution in [2.75, 3.05) is 0 Å². The normalized spacial score (nSPS) is 17.2. The lowest BCUT2D eigenvalue weighted by atomic mass is 9.85. The Hall–Kier alpha value is -1.38. The molecule has 1 saturated carbocycles. The van der Waals surface area contributed by atoms with Gasteiger partial charge in [-0.1, -0.05) is 19.3 Å². The van der Waals surface area contributed by atoms with E-state index in [1.807, 2.05) is 32.9 Å². The van der Waals surface area contributed by atoms with Crippen molar-refractivity contribution in [1.82, 2.24) is 10.3 Å². The molecule has 1 amide bonds. The number of nitrogens with one attached hydrogen (secondary N) is 1. The van der Waals surface area contributed by atoms with Crippen molar-refractivity contribution >= 4 is 5.91 Å². The molecule has 19 heavy (non-hydrogen) atoms. The van der Waals surface area contributed by atoms with Gasteiger partial charge in [0, 0.05) is 17.7 Å². The molecule has 1 aliphatic rings. The zero-order valence-electron chi connectivity index (χ0n) is 12.2. The number of carbonyl (C=O) groups is 1. The third-order valence-corrected chi connectivity index (χ3v) is 3.56. The first kappa shape index (κ1) is 14.0. The second-order valence-corrected chi connectivity index (χ2v) is 6.48. The summed E-state index contributed by atoms with van der Waals surface area (Å²) < 4.78 is 0. The molecule has 2 rings (SSSR count). The Morgan fingerprint density at radius 2 is 1.95 bits per heavy atom. The molecule has 0 spiro atoms. The molecule has 104 valence electrons. The van der Waals surface area contributed by atoms with Crippen LogP contribution in [0.2, 0.25) is 0 Å². The number of carbonyl (C=O) groups excluding carboxylic acids is 1. The van der Waals surface area contributed by atoms with Crippen molar-refractivity contribution < 1.29 is 4.79 Å². The number of aromatic nitrogens is 1. The Balaban J connectivity index is 2.22. The quantitative estimate of drug-likeness (QED) is 0.881. The maximum Gasteiger partial charge on any atom is 0.253 e. The van der Waals surface area contributed by atoms with Crippen LogP contribution in [0.25, 0.3) is 0 Å². The monoisotopic (exact) mass is 260 g/mol. The molecule has 0 unspecified atom stereocenters. The van der Waals surface area contributed by atoms with Crippen LogP contribution < -0.4 is 5.32 Å². The van der Waals surface area contributed by atoms with Crippen molar-refractivity contribution in [1.29, 1.82) is 0 Å². The summed E-state index contributed by atoms with van der Waals surface area (Å²) in [4.78, 5) is 16.9. The minimum atomic E-state index is -0.212. The first-order chi connectivity index (χ1) is 8.97. The van der Waals surface area contributed by atoms with Crippen LogP contribution in [0.1, 0.15) is 74.8 Å². The van der Waals surface area contributed by atoms with Gasteiger partial charge in [0.1, 0.15) is 0 Å². The Morgan fingerprint density at radius 1 is 1.26 bits per heavy atom.